The Kier molecular flexibility index (Phi) is 3.53. The van der Waals surface area contributed by atoms with Gasteiger partial charge in [0.1, 0.15) is 10.4 Å². The first-order valence-electron chi connectivity index (χ1n) is 5.00. The number of hydrogen-bond acceptors (Lipinski definition) is 3. The fourth-order valence-electron chi connectivity index (χ4n) is 1.59. The van der Waals surface area contributed by atoms with Crippen molar-refractivity contribution in [3.63, 3.8) is 0 Å². The summed E-state index contributed by atoms with van der Waals surface area (Å²) in [4.78, 5) is 22.2. The van der Waals surface area contributed by atoms with E-state index in [4.69, 9.17) is 5.11 Å². The molecule has 2 aromatic heterocycles. The predicted octanol–water partition coefficient (Wildman–Crippen LogP) is 2.17. The Morgan fingerprint density at radius 2 is 2.29 bits per heavy atom. The Labute approximate surface area is 106 Å². The molecule has 1 unspecified atom stereocenters. The summed E-state index contributed by atoms with van der Waals surface area (Å²) in [5.74, 6) is -0.647. The lowest BCUT2D eigenvalue weighted by Gasteiger charge is -2.11. The molecular weight excluding hydrogens is 286 g/mol. The molecule has 0 aliphatic carbocycles. The van der Waals surface area contributed by atoms with Gasteiger partial charge in [-0.15, -0.1) is 0 Å². The first-order valence-corrected chi connectivity index (χ1v) is 5.79. The van der Waals surface area contributed by atoms with Crippen LogP contribution in [0.1, 0.15) is 23.9 Å². The van der Waals surface area contributed by atoms with E-state index in [1.807, 2.05) is 6.07 Å². The summed E-state index contributed by atoms with van der Waals surface area (Å²) >= 11 is 3.25. The van der Waals surface area contributed by atoms with E-state index in [1.165, 1.54) is 0 Å². The highest BCUT2D eigenvalue weighted by Gasteiger charge is 2.21. The number of pyridine rings is 1. The number of halogens is 1. The van der Waals surface area contributed by atoms with Crippen LogP contribution >= 0.6 is 15.9 Å². The molecule has 0 aliphatic rings. The fourth-order valence-corrected chi connectivity index (χ4v) is 1.89. The molecule has 17 heavy (non-hydrogen) atoms. The molecule has 5 nitrogen and oxygen atoms in total. The number of imidazole rings is 1. The maximum absolute atomic E-state index is 10.9. The molecule has 0 saturated carbocycles. The summed E-state index contributed by atoms with van der Waals surface area (Å²) in [6.45, 7) is 0. The lowest BCUT2D eigenvalue weighted by atomic mass is 10.00. The molecule has 0 radical (unpaired) electrons. The second-order valence-electron chi connectivity index (χ2n) is 3.52. The van der Waals surface area contributed by atoms with Gasteiger partial charge in [-0.05, 0) is 28.1 Å². The number of aromatic amines is 1. The standard InChI is InChI=1S/C11H10BrN3O2/c12-9-6-14-11(15-9)7(5-10(16)17)8-3-1-2-4-13-8/h1-4,6-7H,5H2,(H,14,15)(H,16,17). The van der Waals surface area contributed by atoms with Crippen LogP contribution in [0.2, 0.25) is 0 Å². The monoisotopic (exact) mass is 295 g/mol. The quantitative estimate of drug-likeness (QED) is 0.906. The highest BCUT2D eigenvalue weighted by atomic mass is 79.9. The number of aliphatic carboxylic acids is 1. The van der Waals surface area contributed by atoms with Crippen LogP contribution in [-0.2, 0) is 4.79 Å². The first kappa shape index (κ1) is 11.8. The van der Waals surface area contributed by atoms with Crippen LogP contribution in [0, 0.1) is 0 Å². The lowest BCUT2D eigenvalue weighted by molar-refractivity contribution is -0.137. The Bertz CT molecular complexity index is 512. The van der Waals surface area contributed by atoms with Gasteiger partial charge in [-0.2, -0.15) is 0 Å². The SMILES string of the molecule is O=C(O)CC(c1ccccn1)c1ncc(Br)[nH]1. The Morgan fingerprint density at radius 3 is 2.82 bits per heavy atom. The number of nitrogens with one attached hydrogen (secondary N) is 1. The lowest BCUT2D eigenvalue weighted by Crippen LogP contribution is -2.10. The first-order chi connectivity index (χ1) is 8.16. The minimum atomic E-state index is -0.881. The number of rotatable bonds is 4. The Hall–Kier alpha value is -1.69. The van der Waals surface area contributed by atoms with Gasteiger partial charge < -0.3 is 10.1 Å². The van der Waals surface area contributed by atoms with Crippen molar-refractivity contribution >= 4 is 21.9 Å². The molecule has 88 valence electrons. The number of H-pyrrole nitrogens is 1. The molecule has 0 fully saturated rings. The molecule has 6 heteroatoms. The molecule has 0 spiro atoms. The van der Waals surface area contributed by atoms with Gasteiger partial charge in [-0.25, -0.2) is 4.98 Å². The number of carbonyl (C=O) groups is 1. The van der Waals surface area contributed by atoms with Crippen molar-refractivity contribution in [2.75, 3.05) is 0 Å². The summed E-state index contributed by atoms with van der Waals surface area (Å²) in [7, 11) is 0. The molecule has 2 rings (SSSR count). The predicted molar refractivity (Wildman–Crippen MR) is 64.6 cm³/mol. The van der Waals surface area contributed by atoms with E-state index in [2.05, 4.69) is 30.9 Å². The summed E-state index contributed by atoms with van der Waals surface area (Å²) in [5, 5.41) is 8.93. The molecule has 0 bridgehead atoms. The number of aromatic nitrogens is 3. The van der Waals surface area contributed by atoms with E-state index < -0.39 is 5.97 Å². The summed E-state index contributed by atoms with van der Waals surface area (Å²) in [6, 6.07) is 5.42. The third kappa shape index (κ3) is 2.91. The van der Waals surface area contributed by atoms with Crippen molar-refractivity contribution in [2.45, 2.75) is 12.3 Å². The smallest absolute Gasteiger partial charge is 0.304 e. The normalized spacial score (nSPS) is 12.3. The molecule has 2 aromatic rings. The average Bonchev–Trinajstić information content (AvgIpc) is 2.73. The van der Waals surface area contributed by atoms with Crippen LogP contribution in [0.25, 0.3) is 0 Å². The number of carboxylic acid groups (broad SMARTS) is 1. The van der Waals surface area contributed by atoms with E-state index in [9.17, 15) is 4.79 Å². The van der Waals surface area contributed by atoms with Gasteiger partial charge in [-0.1, -0.05) is 6.07 Å². The molecule has 1 atom stereocenters. The highest BCUT2D eigenvalue weighted by Crippen LogP contribution is 2.24. The second kappa shape index (κ2) is 5.09. The zero-order valence-corrected chi connectivity index (χ0v) is 10.4. The van der Waals surface area contributed by atoms with Crippen LogP contribution in [-0.4, -0.2) is 26.0 Å². The van der Waals surface area contributed by atoms with Crippen LogP contribution in [0.15, 0.2) is 35.2 Å². The van der Waals surface area contributed by atoms with Crippen LogP contribution in [0.3, 0.4) is 0 Å². The van der Waals surface area contributed by atoms with Gasteiger partial charge in [-0.3, -0.25) is 9.78 Å². The molecule has 0 aliphatic heterocycles. The number of nitrogens with zero attached hydrogens (tertiary/aromatic N) is 2. The number of carboxylic acids is 1. The largest absolute Gasteiger partial charge is 0.481 e. The van der Waals surface area contributed by atoms with Crippen molar-refractivity contribution in [3.05, 3.63) is 46.7 Å². The summed E-state index contributed by atoms with van der Waals surface area (Å²) < 4.78 is 0.721. The molecule has 2 heterocycles. The third-order valence-electron chi connectivity index (χ3n) is 2.32. The van der Waals surface area contributed by atoms with Crippen molar-refractivity contribution in [1.29, 1.82) is 0 Å². The van der Waals surface area contributed by atoms with Crippen molar-refractivity contribution in [3.8, 4) is 0 Å². The van der Waals surface area contributed by atoms with Gasteiger partial charge in [0.05, 0.1) is 24.2 Å². The fraction of sp³-hybridized carbons (Fsp3) is 0.182. The van der Waals surface area contributed by atoms with Gasteiger partial charge in [0.25, 0.3) is 0 Å². The Morgan fingerprint density at radius 1 is 1.47 bits per heavy atom. The van der Waals surface area contributed by atoms with Crippen LogP contribution in [0.5, 0.6) is 0 Å². The summed E-state index contributed by atoms with van der Waals surface area (Å²) in [5.41, 5.74) is 0.691. The van der Waals surface area contributed by atoms with Crippen molar-refractivity contribution in [1.82, 2.24) is 15.0 Å². The van der Waals surface area contributed by atoms with Gasteiger partial charge in [0.2, 0.25) is 0 Å². The average molecular weight is 296 g/mol. The molecule has 0 aromatic carbocycles. The third-order valence-corrected chi connectivity index (χ3v) is 2.72. The van der Waals surface area contributed by atoms with Crippen LogP contribution in [0.4, 0.5) is 0 Å². The van der Waals surface area contributed by atoms with E-state index >= 15 is 0 Å². The van der Waals surface area contributed by atoms with Crippen molar-refractivity contribution < 1.29 is 9.90 Å². The minimum absolute atomic E-state index is 0.0447. The highest BCUT2D eigenvalue weighted by molar-refractivity contribution is 9.10. The molecular formula is C11H10BrN3O2. The van der Waals surface area contributed by atoms with Gasteiger partial charge in [0.15, 0.2) is 0 Å². The van der Waals surface area contributed by atoms with E-state index in [0.29, 0.717) is 11.5 Å². The zero-order chi connectivity index (χ0) is 12.3. The van der Waals surface area contributed by atoms with E-state index in [0.717, 1.165) is 4.60 Å². The van der Waals surface area contributed by atoms with Gasteiger partial charge in [0, 0.05) is 6.20 Å². The molecule has 0 amide bonds. The zero-order valence-electron chi connectivity index (χ0n) is 8.80. The van der Waals surface area contributed by atoms with Crippen molar-refractivity contribution in [2.24, 2.45) is 0 Å². The second-order valence-corrected chi connectivity index (χ2v) is 4.38. The maximum atomic E-state index is 10.9. The molecule has 0 saturated heterocycles. The van der Waals surface area contributed by atoms with Crippen LogP contribution < -0.4 is 0 Å². The van der Waals surface area contributed by atoms with E-state index in [-0.39, 0.29) is 12.3 Å². The summed E-state index contributed by atoms with van der Waals surface area (Å²) in [6.07, 6.45) is 3.20. The van der Waals surface area contributed by atoms with E-state index in [1.54, 1.807) is 24.5 Å². The topological polar surface area (TPSA) is 78.9 Å². The minimum Gasteiger partial charge on any atom is -0.481 e. The maximum Gasteiger partial charge on any atom is 0.304 e. The molecule has 2 N–H and O–H groups in total. The van der Waals surface area contributed by atoms with Gasteiger partial charge >= 0.3 is 5.97 Å². The number of hydrogen-bond donors (Lipinski definition) is 2. The Balaban J connectivity index is 2.35.